The Bertz CT molecular complexity index is 2930. The second-order valence-corrected chi connectivity index (χ2v) is 22.3. The van der Waals surface area contributed by atoms with Crippen molar-refractivity contribution >= 4 is 49.9 Å². The van der Waals surface area contributed by atoms with Crippen LogP contribution < -0.4 is 30.1 Å². The summed E-state index contributed by atoms with van der Waals surface area (Å²) < 4.78 is 42.5. The number of pyridine rings is 1. The van der Waals surface area contributed by atoms with Gasteiger partial charge in [-0.05, 0) is 117 Å². The second-order valence-electron chi connectivity index (χ2n) is 20.6. The zero-order valence-electron chi connectivity index (χ0n) is 39.2. The summed E-state index contributed by atoms with van der Waals surface area (Å²) in [5.41, 5.74) is 8.43. The van der Waals surface area contributed by atoms with Crippen LogP contribution in [0.3, 0.4) is 0 Å². The Morgan fingerprint density at radius 2 is 1.75 bits per heavy atom. The summed E-state index contributed by atoms with van der Waals surface area (Å²) in [5, 5.41) is 26.7. The van der Waals surface area contributed by atoms with E-state index in [0.717, 1.165) is 56.8 Å². The fourth-order valence-electron chi connectivity index (χ4n) is 11.7. The minimum atomic E-state index is -4.75. The number of ether oxygens (including phenoxy) is 2. The number of hydrogen-bond donors (Lipinski definition) is 5. The van der Waals surface area contributed by atoms with Crippen molar-refractivity contribution in [3.05, 3.63) is 105 Å². The van der Waals surface area contributed by atoms with Crippen molar-refractivity contribution in [1.82, 2.24) is 19.6 Å². The highest BCUT2D eigenvalue weighted by Gasteiger charge is 2.49. The van der Waals surface area contributed by atoms with Gasteiger partial charge in [-0.25, -0.2) is 18.1 Å². The van der Waals surface area contributed by atoms with Crippen LogP contribution in [0, 0.1) is 21.4 Å². The van der Waals surface area contributed by atoms with Crippen LogP contribution in [-0.2, 0) is 10.0 Å². The number of carbonyl (C=O) groups is 2. The Hall–Kier alpha value is -6.24. The van der Waals surface area contributed by atoms with E-state index >= 15 is 0 Å². The molecule has 1 spiro atoms. The number of fused-ring (bicyclic) bond motifs is 2. The maximum absolute atomic E-state index is 14.2. The van der Waals surface area contributed by atoms with Gasteiger partial charge in [-0.2, -0.15) is 0 Å². The van der Waals surface area contributed by atoms with Gasteiger partial charge in [0, 0.05) is 67.7 Å². The molecule has 2 saturated carbocycles. The van der Waals surface area contributed by atoms with Gasteiger partial charge in [0.25, 0.3) is 27.5 Å². The highest BCUT2D eigenvalue weighted by Crippen LogP contribution is 2.49. The van der Waals surface area contributed by atoms with E-state index in [2.05, 4.69) is 67.9 Å². The number of nitro benzene ring substituents is 1. The molecular weight excluding hydrogens is 901 g/mol. The standard InChI is InChI=1S/C51H60N8O9S/c1-30(2)35-7-4-5-8-36(35)37-9-6-10-40(37)58-28-51(29-58)18-21-57(22-19-51)33-11-12-38(42(24-33)68-44-23-32-15-20-53-48(32)55-46(44)47(52)60)49(61)56-69(65,66)34-25-41(59(63)64)45-43(26-34)67-27-39(54-45)31-13-16-50(3,62)17-14-31/h4-5,7-8,11-12,15,20,23-26,30-31,37,39-40,54,62H,6,9-10,13-14,16-19,21-22,27-29H2,1-3H3,(H2,52,60)(H,53,55)(H,56,61)/t31-,37-,39+,40-,50-/m0/s1. The molecule has 5 heterocycles. The molecule has 5 aliphatic rings. The molecule has 69 heavy (non-hydrogen) atoms. The number of aromatic nitrogens is 2. The number of hydrogen-bond acceptors (Lipinski definition) is 13. The number of nitrogens with one attached hydrogen (secondary N) is 3. The van der Waals surface area contributed by atoms with Gasteiger partial charge in [-0.15, -0.1) is 0 Å². The number of primary amides is 1. The lowest BCUT2D eigenvalue weighted by Crippen LogP contribution is -2.63. The highest BCUT2D eigenvalue weighted by atomic mass is 32.2. The molecule has 0 bridgehead atoms. The van der Waals surface area contributed by atoms with Gasteiger partial charge >= 0.3 is 0 Å². The third-order valence-electron chi connectivity index (χ3n) is 15.6. The number of H-pyrrole nitrogens is 1. The summed E-state index contributed by atoms with van der Waals surface area (Å²) in [5.74, 6) is -0.985. The van der Waals surface area contributed by atoms with Crippen molar-refractivity contribution in [2.45, 2.75) is 113 Å². The number of carbonyl (C=O) groups excluding carboxylic acids is 2. The van der Waals surface area contributed by atoms with Crippen molar-refractivity contribution in [2.75, 3.05) is 43.0 Å². The third kappa shape index (κ3) is 9.09. The molecule has 3 atom stereocenters. The number of aliphatic hydroxyl groups is 1. The van der Waals surface area contributed by atoms with Crippen LogP contribution in [0.4, 0.5) is 17.1 Å². The number of anilines is 2. The van der Waals surface area contributed by atoms with Gasteiger partial charge in [0.05, 0.1) is 27.0 Å². The lowest BCUT2D eigenvalue weighted by atomic mass is 9.70. The molecule has 3 aliphatic heterocycles. The first kappa shape index (κ1) is 46.5. The summed E-state index contributed by atoms with van der Waals surface area (Å²) in [6.45, 7) is 10.1. The fourth-order valence-corrected chi connectivity index (χ4v) is 12.7. The van der Waals surface area contributed by atoms with Crippen LogP contribution in [0.5, 0.6) is 17.2 Å². The minimum Gasteiger partial charge on any atom is -0.489 e. The van der Waals surface area contributed by atoms with E-state index in [0.29, 0.717) is 54.6 Å². The Kier molecular flexibility index (Phi) is 12.1. The number of amides is 2. The summed E-state index contributed by atoms with van der Waals surface area (Å²) in [7, 11) is -4.75. The van der Waals surface area contributed by atoms with E-state index < -0.39 is 42.9 Å². The molecule has 0 radical (unpaired) electrons. The van der Waals surface area contributed by atoms with E-state index in [9.17, 15) is 33.2 Å². The van der Waals surface area contributed by atoms with Crippen LogP contribution >= 0.6 is 0 Å². The lowest BCUT2D eigenvalue weighted by Gasteiger charge is -2.57. The van der Waals surface area contributed by atoms with Gasteiger partial charge < -0.3 is 35.5 Å². The van der Waals surface area contributed by atoms with E-state index in [-0.39, 0.29) is 58.2 Å². The molecule has 10 rings (SSSR count). The van der Waals surface area contributed by atoms with E-state index in [1.54, 1.807) is 37.4 Å². The summed E-state index contributed by atoms with van der Waals surface area (Å²) >= 11 is 0. The van der Waals surface area contributed by atoms with E-state index in [1.165, 1.54) is 36.5 Å². The largest absolute Gasteiger partial charge is 0.489 e. The lowest BCUT2D eigenvalue weighted by molar-refractivity contribution is -0.384. The molecule has 4 fully saturated rings. The Morgan fingerprint density at radius 3 is 2.48 bits per heavy atom. The number of sulfonamides is 1. The minimum absolute atomic E-state index is 0.0378. The van der Waals surface area contributed by atoms with Crippen molar-refractivity contribution in [2.24, 2.45) is 17.1 Å². The zero-order chi connectivity index (χ0) is 48.4. The average Bonchev–Trinajstić information content (AvgIpc) is 4.00. The van der Waals surface area contributed by atoms with Gasteiger partial charge in [0.2, 0.25) is 0 Å². The molecule has 2 saturated heterocycles. The molecule has 18 heteroatoms. The van der Waals surface area contributed by atoms with Crippen molar-refractivity contribution in [3.63, 3.8) is 0 Å². The van der Waals surface area contributed by atoms with E-state index in [4.69, 9.17) is 15.2 Å². The topological polar surface area (TPSA) is 235 Å². The first-order chi connectivity index (χ1) is 33.0. The van der Waals surface area contributed by atoms with Crippen LogP contribution in [0.15, 0.2) is 77.8 Å². The van der Waals surface area contributed by atoms with Gasteiger partial charge in [-0.1, -0.05) is 44.5 Å². The average molecular weight is 961 g/mol. The predicted molar refractivity (Wildman–Crippen MR) is 261 cm³/mol. The molecule has 2 aromatic heterocycles. The summed E-state index contributed by atoms with van der Waals surface area (Å²) in [6.07, 6.45) is 9.78. The number of aromatic amines is 1. The van der Waals surface area contributed by atoms with Gasteiger partial charge in [0.1, 0.15) is 18.0 Å². The number of benzene rings is 3. The smallest absolute Gasteiger partial charge is 0.297 e. The number of nitro groups is 1. The number of nitrogens with zero attached hydrogens (tertiary/aromatic N) is 4. The molecule has 6 N–H and O–H groups in total. The van der Waals surface area contributed by atoms with Gasteiger partial charge in [-0.3, -0.25) is 24.6 Å². The molecule has 364 valence electrons. The van der Waals surface area contributed by atoms with Crippen molar-refractivity contribution < 1.29 is 37.5 Å². The number of rotatable bonds is 12. The molecule has 5 aromatic rings. The second kappa shape index (κ2) is 17.9. The predicted octanol–water partition coefficient (Wildman–Crippen LogP) is 7.96. The fraction of sp³-hybridized carbons (Fsp3) is 0.471. The molecule has 0 unspecified atom stereocenters. The Morgan fingerprint density at radius 1 is 1.00 bits per heavy atom. The Balaban J connectivity index is 0.885. The van der Waals surface area contributed by atoms with Crippen molar-refractivity contribution in [1.29, 1.82) is 0 Å². The normalized spacial score (nSPS) is 24.6. The van der Waals surface area contributed by atoms with Crippen LogP contribution in [0.1, 0.15) is 122 Å². The highest BCUT2D eigenvalue weighted by molar-refractivity contribution is 7.90. The molecule has 2 amide bonds. The van der Waals surface area contributed by atoms with Crippen molar-refractivity contribution in [3.8, 4) is 17.2 Å². The monoisotopic (exact) mass is 960 g/mol. The summed E-state index contributed by atoms with van der Waals surface area (Å²) in [6, 6.07) is 19.4. The van der Waals surface area contributed by atoms with Crippen LogP contribution in [0.25, 0.3) is 11.0 Å². The quantitative estimate of drug-likeness (QED) is 0.0590. The SMILES string of the molecule is CC(C)c1ccccc1[C@@H]1CCC[C@@H]1N1CC2(CCN(c3ccc(C(=O)NS(=O)(=O)c4cc5c(c([N+](=O)[O-])c4)N[C@@H]([C@H]4CC[C@](C)(O)CC4)CO5)c(Oc4cc5cc[nH]c5nc4C(N)=O)c3)CC2)C1. The first-order valence-electron chi connectivity index (χ1n) is 24.2. The van der Waals surface area contributed by atoms with Crippen LogP contribution in [-0.4, -0.2) is 95.6 Å². The summed E-state index contributed by atoms with van der Waals surface area (Å²) in [4.78, 5) is 50.4. The molecule has 2 aliphatic carbocycles. The van der Waals surface area contributed by atoms with E-state index in [1.807, 2.05) is 0 Å². The zero-order valence-corrected chi connectivity index (χ0v) is 40.0. The molecule has 3 aromatic carbocycles. The number of likely N-dealkylation sites (tertiary alicyclic amines) is 1. The molecular formula is C51H60N8O9S. The van der Waals surface area contributed by atoms with Gasteiger partial charge in [0.15, 0.2) is 22.9 Å². The first-order valence-corrected chi connectivity index (χ1v) is 25.6. The maximum atomic E-state index is 14.2. The third-order valence-corrected chi connectivity index (χ3v) is 16.9. The number of piperidine rings is 1. The Labute approximate surface area is 401 Å². The maximum Gasteiger partial charge on any atom is 0.297 e. The number of nitrogens with two attached hydrogens (primary N) is 1. The molecule has 17 nitrogen and oxygen atoms in total. The van der Waals surface area contributed by atoms with Crippen LogP contribution in [0.2, 0.25) is 0 Å².